The zero-order valence-corrected chi connectivity index (χ0v) is 10.3. The third-order valence-corrected chi connectivity index (χ3v) is 2.55. The summed E-state index contributed by atoms with van der Waals surface area (Å²) >= 11 is 3.30. The number of hydrogen-bond donors (Lipinski definition) is 1. The van der Waals surface area contributed by atoms with Gasteiger partial charge >= 0.3 is 5.97 Å². The van der Waals surface area contributed by atoms with E-state index < -0.39 is 12.0 Å². The van der Waals surface area contributed by atoms with Gasteiger partial charge in [0.1, 0.15) is 11.8 Å². The highest BCUT2D eigenvalue weighted by atomic mass is 79.9. The molecular formula is C11H14BrNO2. The van der Waals surface area contributed by atoms with Crippen LogP contribution in [0.5, 0.6) is 5.75 Å². The molecule has 0 aromatic heterocycles. The molecule has 15 heavy (non-hydrogen) atoms. The van der Waals surface area contributed by atoms with Gasteiger partial charge < -0.3 is 10.5 Å². The first kappa shape index (κ1) is 12.2. The van der Waals surface area contributed by atoms with Crippen LogP contribution in [0.3, 0.4) is 0 Å². The molecule has 0 aliphatic carbocycles. The van der Waals surface area contributed by atoms with Crippen molar-refractivity contribution in [3.8, 4) is 5.75 Å². The molecule has 0 fully saturated rings. The predicted molar refractivity (Wildman–Crippen MR) is 62.6 cm³/mol. The zero-order chi connectivity index (χ0) is 11.4. The van der Waals surface area contributed by atoms with Crippen molar-refractivity contribution in [2.45, 2.75) is 19.9 Å². The highest BCUT2D eigenvalue weighted by Crippen LogP contribution is 2.16. The molecule has 0 spiro atoms. The van der Waals surface area contributed by atoms with Gasteiger partial charge in [0.25, 0.3) is 0 Å². The van der Waals surface area contributed by atoms with E-state index in [1.54, 1.807) is 12.1 Å². The van der Waals surface area contributed by atoms with E-state index in [2.05, 4.69) is 15.9 Å². The average Bonchev–Trinajstić information content (AvgIpc) is 2.20. The van der Waals surface area contributed by atoms with Crippen molar-refractivity contribution in [2.24, 2.45) is 11.7 Å². The number of esters is 1. The SMILES string of the molecule is CC(C)C(N)C(=O)Oc1ccc(Br)cc1. The van der Waals surface area contributed by atoms with Crippen LogP contribution >= 0.6 is 15.9 Å². The molecule has 1 atom stereocenters. The summed E-state index contributed by atoms with van der Waals surface area (Å²) < 4.78 is 6.05. The highest BCUT2D eigenvalue weighted by Gasteiger charge is 2.19. The molecule has 0 bridgehead atoms. The number of nitrogens with two attached hydrogens (primary N) is 1. The summed E-state index contributed by atoms with van der Waals surface area (Å²) in [5.74, 6) is 0.194. The number of halogens is 1. The van der Waals surface area contributed by atoms with Crippen molar-refractivity contribution in [3.63, 3.8) is 0 Å². The van der Waals surface area contributed by atoms with E-state index >= 15 is 0 Å². The van der Waals surface area contributed by atoms with E-state index in [4.69, 9.17) is 10.5 Å². The van der Waals surface area contributed by atoms with Crippen molar-refractivity contribution >= 4 is 21.9 Å². The predicted octanol–water partition coefficient (Wildman–Crippen LogP) is 2.34. The molecule has 1 rings (SSSR count). The number of carbonyl (C=O) groups excluding carboxylic acids is 1. The van der Waals surface area contributed by atoms with Gasteiger partial charge in [-0.2, -0.15) is 0 Å². The quantitative estimate of drug-likeness (QED) is 0.678. The normalized spacial score (nSPS) is 12.6. The maximum absolute atomic E-state index is 11.5. The van der Waals surface area contributed by atoms with Crippen molar-refractivity contribution in [3.05, 3.63) is 28.7 Å². The summed E-state index contributed by atoms with van der Waals surface area (Å²) in [4.78, 5) is 11.5. The second-order valence-electron chi connectivity index (χ2n) is 3.64. The molecule has 0 heterocycles. The molecule has 0 aliphatic rings. The van der Waals surface area contributed by atoms with E-state index in [1.165, 1.54) is 0 Å². The van der Waals surface area contributed by atoms with E-state index in [0.29, 0.717) is 5.75 Å². The summed E-state index contributed by atoms with van der Waals surface area (Å²) in [5, 5.41) is 0. The van der Waals surface area contributed by atoms with E-state index in [1.807, 2.05) is 26.0 Å². The number of hydrogen-bond acceptors (Lipinski definition) is 3. The minimum absolute atomic E-state index is 0.0768. The van der Waals surface area contributed by atoms with Crippen LogP contribution in [0.25, 0.3) is 0 Å². The summed E-state index contributed by atoms with van der Waals surface area (Å²) in [5.41, 5.74) is 5.65. The Kier molecular flexibility index (Phi) is 4.29. The molecule has 4 heteroatoms. The summed E-state index contributed by atoms with van der Waals surface area (Å²) in [6.45, 7) is 3.76. The lowest BCUT2D eigenvalue weighted by molar-refractivity contribution is -0.136. The Morgan fingerprint density at radius 1 is 1.33 bits per heavy atom. The third-order valence-electron chi connectivity index (χ3n) is 2.02. The highest BCUT2D eigenvalue weighted by molar-refractivity contribution is 9.10. The number of rotatable bonds is 3. The molecule has 1 aromatic rings. The largest absolute Gasteiger partial charge is 0.425 e. The van der Waals surface area contributed by atoms with Crippen LogP contribution < -0.4 is 10.5 Å². The van der Waals surface area contributed by atoms with Gasteiger partial charge in [0, 0.05) is 4.47 Å². The maximum atomic E-state index is 11.5. The smallest absolute Gasteiger partial charge is 0.328 e. The summed E-state index contributed by atoms with van der Waals surface area (Å²) in [6.07, 6.45) is 0. The molecule has 2 N–H and O–H groups in total. The Hall–Kier alpha value is -0.870. The first-order chi connectivity index (χ1) is 7.00. The Morgan fingerprint density at radius 3 is 2.33 bits per heavy atom. The Morgan fingerprint density at radius 2 is 1.87 bits per heavy atom. The monoisotopic (exact) mass is 271 g/mol. The van der Waals surface area contributed by atoms with Gasteiger partial charge in [0.2, 0.25) is 0 Å². The van der Waals surface area contributed by atoms with Crippen LogP contribution in [0.2, 0.25) is 0 Å². The van der Waals surface area contributed by atoms with Crippen molar-refractivity contribution in [1.29, 1.82) is 0 Å². The molecule has 0 amide bonds. The van der Waals surface area contributed by atoms with Crippen LogP contribution in [-0.4, -0.2) is 12.0 Å². The third kappa shape index (κ3) is 3.64. The molecule has 0 aliphatic heterocycles. The van der Waals surface area contributed by atoms with Crippen LogP contribution in [0.4, 0.5) is 0 Å². The van der Waals surface area contributed by atoms with E-state index in [-0.39, 0.29) is 5.92 Å². The standard InChI is InChI=1S/C11H14BrNO2/c1-7(2)10(13)11(14)15-9-5-3-8(12)4-6-9/h3-7,10H,13H2,1-2H3. The Bertz CT molecular complexity index is 335. The molecule has 0 saturated carbocycles. The fraction of sp³-hybridized carbons (Fsp3) is 0.364. The van der Waals surface area contributed by atoms with Crippen LogP contribution in [0, 0.1) is 5.92 Å². The lowest BCUT2D eigenvalue weighted by Gasteiger charge is -2.14. The Labute approximate surface area is 97.7 Å². The molecule has 0 radical (unpaired) electrons. The minimum atomic E-state index is -0.575. The van der Waals surface area contributed by atoms with Crippen molar-refractivity contribution in [2.75, 3.05) is 0 Å². The first-order valence-electron chi connectivity index (χ1n) is 4.73. The molecule has 1 aromatic carbocycles. The van der Waals surface area contributed by atoms with Crippen molar-refractivity contribution < 1.29 is 9.53 Å². The second-order valence-corrected chi connectivity index (χ2v) is 4.56. The number of carbonyl (C=O) groups is 1. The molecule has 1 unspecified atom stereocenters. The van der Waals surface area contributed by atoms with Crippen LogP contribution in [-0.2, 0) is 4.79 Å². The molecule has 0 saturated heterocycles. The van der Waals surface area contributed by atoms with Gasteiger partial charge in [-0.1, -0.05) is 29.8 Å². The van der Waals surface area contributed by atoms with Gasteiger partial charge in [-0.3, -0.25) is 0 Å². The van der Waals surface area contributed by atoms with Crippen molar-refractivity contribution in [1.82, 2.24) is 0 Å². The lowest BCUT2D eigenvalue weighted by atomic mass is 10.1. The Balaban J connectivity index is 2.62. The number of ether oxygens (including phenoxy) is 1. The molecular weight excluding hydrogens is 258 g/mol. The molecule has 3 nitrogen and oxygen atoms in total. The lowest BCUT2D eigenvalue weighted by Crippen LogP contribution is -2.38. The van der Waals surface area contributed by atoms with Crippen LogP contribution in [0.15, 0.2) is 28.7 Å². The van der Waals surface area contributed by atoms with Gasteiger partial charge in [-0.25, -0.2) is 4.79 Å². The maximum Gasteiger partial charge on any atom is 0.328 e. The molecule has 82 valence electrons. The fourth-order valence-corrected chi connectivity index (χ4v) is 1.22. The summed E-state index contributed by atoms with van der Waals surface area (Å²) in [6, 6.07) is 6.48. The topological polar surface area (TPSA) is 52.3 Å². The van der Waals surface area contributed by atoms with Gasteiger partial charge in [0.15, 0.2) is 0 Å². The van der Waals surface area contributed by atoms with Gasteiger partial charge in [-0.15, -0.1) is 0 Å². The summed E-state index contributed by atoms with van der Waals surface area (Å²) in [7, 11) is 0. The van der Waals surface area contributed by atoms with Gasteiger partial charge in [0.05, 0.1) is 0 Å². The average molecular weight is 272 g/mol. The van der Waals surface area contributed by atoms with Gasteiger partial charge in [-0.05, 0) is 30.2 Å². The van der Waals surface area contributed by atoms with E-state index in [0.717, 1.165) is 4.47 Å². The zero-order valence-electron chi connectivity index (χ0n) is 8.74. The van der Waals surface area contributed by atoms with E-state index in [9.17, 15) is 4.79 Å². The van der Waals surface area contributed by atoms with Crippen LogP contribution in [0.1, 0.15) is 13.8 Å². The first-order valence-corrected chi connectivity index (χ1v) is 5.53. The minimum Gasteiger partial charge on any atom is -0.425 e. The fourth-order valence-electron chi connectivity index (χ4n) is 0.959. The number of benzene rings is 1. The second kappa shape index (κ2) is 5.28.